The summed E-state index contributed by atoms with van der Waals surface area (Å²) >= 11 is 5.13. The zero-order valence-corrected chi connectivity index (χ0v) is 11.0. The van der Waals surface area contributed by atoms with E-state index in [2.05, 4.69) is 10.6 Å². The number of hydrogen-bond donors (Lipinski definition) is 2. The van der Waals surface area contributed by atoms with Crippen molar-refractivity contribution in [2.45, 2.75) is 19.8 Å². The summed E-state index contributed by atoms with van der Waals surface area (Å²) in [4.78, 5) is 0. The van der Waals surface area contributed by atoms with Gasteiger partial charge in [-0.2, -0.15) is 0 Å². The summed E-state index contributed by atoms with van der Waals surface area (Å²) in [5, 5.41) is 6.95. The van der Waals surface area contributed by atoms with Crippen molar-refractivity contribution < 1.29 is 9.15 Å². The van der Waals surface area contributed by atoms with E-state index in [1.807, 2.05) is 19.1 Å². The van der Waals surface area contributed by atoms with Crippen molar-refractivity contribution in [3.8, 4) is 0 Å². The molecule has 0 spiro atoms. The van der Waals surface area contributed by atoms with Crippen molar-refractivity contribution in [3.63, 3.8) is 0 Å². The molecule has 0 aliphatic carbocycles. The zero-order valence-electron chi connectivity index (χ0n) is 10.2. The molecule has 0 atom stereocenters. The molecule has 1 aromatic rings. The molecule has 1 heterocycles. The molecule has 2 N–H and O–H groups in total. The van der Waals surface area contributed by atoms with Crippen molar-refractivity contribution in [1.29, 1.82) is 0 Å². The van der Waals surface area contributed by atoms with Crippen LogP contribution in [0.3, 0.4) is 0 Å². The van der Waals surface area contributed by atoms with Gasteiger partial charge in [0.25, 0.3) is 0 Å². The van der Waals surface area contributed by atoms with E-state index in [0.717, 1.165) is 44.9 Å². The normalized spacial score (nSPS) is 10.2. The molecule has 0 fully saturated rings. The maximum Gasteiger partial charge on any atom is 0.166 e. The van der Waals surface area contributed by atoms with Gasteiger partial charge in [-0.3, -0.25) is 0 Å². The Hall–Kier alpha value is -1.07. The van der Waals surface area contributed by atoms with Crippen LogP contribution in [-0.4, -0.2) is 31.4 Å². The van der Waals surface area contributed by atoms with Crippen LogP contribution in [-0.2, 0) is 11.2 Å². The van der Waals surface area contributed by atoms with Crippen LogP contribution in [0.25, 0.3) is 0 Å². The van der Waals surface area contributed by atoms with Crippen LogP contribution in [0, 0.1) is 0 Å². The van der Waals surface area contributed by atoms with Crippen LogP contribution in [0.1, 0.15) is 19.1 Å². The fraction of sp³-hybridized carbons (Fsp3) is 0.583. The molecule has 5 heteroatoms. The van der Waals surface area contributed by atoms with E-state index in [0.29, 0.717) is 5.11 Å². The summed E-state index contributed by atoms with van der Waals surface area (Å²) in [6.07, 6.45) is 3.49. The highest BCUT2D eigenvalue weighted by Crippen LogP contribution is 1.99. The third-order valence-electron chi connectivity index (χ3n) is 2.19. The van der Waals surface area contributed by atoms with Crippen LogP contribution in [0.2, 0.25) is 0 Å². The minimum absolute atomic E-state index is 0.688. The molecule has 0 saturated carbocycles. The third-order valence-corrected chi connectivity index (χ3v) is 2.48. The standard InChI is InChI=1S/C12H20N2O2S/c1-2-15-9-4-7-13-12(17)14-8-6-11-5-3-10-16-11/h3,5,10H,2,4,6-9H2,1H3,(H2,13,14,17). The van der Waals surface area contributed by atoms with Gasteiger partial charge < -0.3 is 19.8 Å². The van der Waals surface area contributed by atoms with Gasteiger partial charge in [0.1, 0.15) is 5.76 Å². The third kappa shape index (κ3) is 6.97. The van der Waals surface area contributed by atoms with Crippen LogP contribution in [0.4, 0.5) is 0 Å². The molecule has 0 radical (unpaired) electrons. The lowest BCUT2D eigenvalue weighted by Gasteiger charge is -2.09. The van der Waals surface area contributed by atoms with Gasteiger partial charge in [-0.15, -0.1) is 0 Å². The zero-order chi connectivity index (χ0) is 12.3. The number of nitrogens with one attached hydrogen (secondary N) is 2. The summed E-state index contributed by atoms with van der Waals surface area (Å²) in [7, 11) is 0. The molecular weight excluding hydrogens is 236 g/mol. The van der Waals surface area contributed by atoms with Crippen molar-refractivity contribution in [2.75, 3.05) is 26.3 Å². The Labute approximate surface area is 108 Å². The van der Waals surface area contributed by atoms with E-state index < -0.39 is 0 Å². The molecule has 0 aliphatic heterocycles. The Balaban J connectivity index is 1.94. The number of thiocarbonyl (C=S) groups is 1. The molecular formula is C12H20N2O2S. The molecule has 0 saturated heterocycles. The highest BCUT2D eigenvalue weighted by atomic mass is 32.1. The van der Waals surface area contributed by atoms with E-state index in [-0.39, 0.29) is 0 Å². The van der Waals surface area contributed by atoms with Crippen LogP contribution in [0.5, 0.6) is 0 Å². The second-order valence-electron chi connectivity index (χ2n) is 3.56. The Morgan fingerprint density at radius 3 is 2.94 bits per heavy atom. The Kier molecular flexibility index (Phi) is 7.42. The molecule has 4 nitrogen and oxygen atoms in total. The minimum Gasteiger partial charge on any atom is -0.469 e. The lowest BCUT2D eigenvalue weighted by atomic mass is 10.3. The van der Waals surface area contributed by atoms with Gasteiger partial charge in [0.15, 0.2) is 5.11 Å². The molecule has 0 aromatic carbocycles. The second kappa shape index (κ2) is 9.01. The summed E-state index contributed by atoms with van der Waals surface area (Å²) in [6, 6.07) is 3.85. The molecule has 0 unspecified atom stereocenters. The van der Waals surface area contributed by atoms with Crippen molar-refractivity contribution in [3.05, 3.63) is 24.2 Å². The Morgan fingerprint density at radius 2 is 2.24 bits per heavy atom. The van der Waals surface area contributed by atoms with Gasteiger partial charge in [0.05, 0.1) is 6.26 Å². The number of ether oxygens (including phenoxy) is 1. The van der Waals surface area contributed by atoms with Gasteiger partial charge in [0.2, 0.25) is 0 Å². The maximum absolute atomic E-state index is 5.23. The first-order valence-corrected chi connectivity index (χ1v) is 6.35. The minimum atomic E-state index is 0.688. The highest BCUT2D eigenvalue weighted by molar-refractivity contribution is 7.80. The number of furan rings is 1. The van der Waals surface area contributed by atoms with E-state index in [4.69, 9.17) is 21.4 Å². The van der Waals surface area contributed by atoms with E-state index >= 15 is 0 Å². The summed E-state index contributed by atoms with van der Waals surface area (Å²) in [6.45, 7) is 5.16. The first-order valence-electron chi connectivity index (χ1n) is 5.94. The summed E-state index contributed by atoms with van der Waals surface area (Å²) in [5.41, 5.74) is 0. The SMILES string of the molecule is CCOCCCNC(=S)NCCc1ccco1. The van der Waals surface area contributed by atoms with Crippen molar-refractivity contribution in [2.24, 2.45) is 0 Å². The van der Waals surface area contributed by atoms with Gasteiger partial charge in [-0.1, -0.05) is 0 Å². The van der Waals surface area contributed by atoms with Crippen LogP contribution >= 0.6 is 12.2 Å². The Bertz CT molecular complexity index is 301. The molecule has 0 aliphatic rings. The van der Waals surface area contributed by atoms with Gasteiger partial charge in [0, 0.05) is 32.7 Å². The smallest absolute Gasteiger partial charge is 0.166 e. The van der Waals surface area contributed by atoms with E-state index in [1.54, 1.807) is 6.26 Å². The topological polar surface area (TPSA) is 46.4 Å². The predicted molar refractivity (Wildman–Crippen MR) is 72.1 cm³/mol. The second-order valence-corrected chi connectivity index (χ2v) is 3.97. The molecule has 1 aromatic heterocycles. The van der Waals surface area contributed by atoms with E-state index in [1.165, 1.54) is 0 Å². The first-order chi connectivity index (χ1) is 8.33. The average Bonchev–Trinajstić information content (AvgIpc) is 2.82. The van der Waals surface area contributed by atoms with Gasteiger partial charge in [-0.25, -0.2) is 0 Å². The van der Waals surface area contributed by atoms with Gasteiger partial charge in [-0.05, 0) is 37.7 Å². The fourth-order valence-electron chi connectivity index (χ4n) is 1.34. The molecule has 96 valence electrons. The van der Waals surface area contributed by atoms with Crippen LogP contribution < -0.4 is 10.6 Å². The van der Waals surface area contributed by atoms with E-state index in [9.17, 15) is 0 Å². The lowest BCUT2D eigenvalue weighted by Crippen LogP contribution is -2.37. The molecule has 17 heavy (non-hydrogen) atoms. The fourth-order valence-corrected chi connectivity index (χ4v) is 1.54. The number of rotatable bonds is 8. The van der Waals surface area contributed by atoms with Gasteiger partial charge >= 0.3 is 0 Å². The quantitative estimate of drug-likeness (QED) is 0.548. The lowest BCUT2D eigenvalue weighted by molar-refractivity contribution is 0.145. The molecule has 0 amide bonds. The first kappa shape index (κ1) is 14.0. The highest BCUT2D eigenvalue weighted by Gasteiger charge is 1.97. The van der Waals surface area contributed by atoms with Crippen molar-refractivity contribution >= 4 is 17.3 Å². The van der Waals surface area contributed by atoms with Crippen molar-refractivity contribution in [1.82, 2.24) is 10.6 Å². The average molecular weight is 256 g/mol. The number of hydrogen-bond acceptors (Lipinski definition) is 3. The Morgan fingerprint density at radius 1 is 1.41 bits per heavy atom. The molecule has 0 bridgehead atoms. The summed E-state index contributed by atoms with van der Waals surface area (Å²) in [5.74, 6) is 0.969. The maximum atomic E-state index is 5.23. The monoisotopic (exact) mass is 256 g/mol. The summed E-state index contributed by atoms with van der Waals surface area (Å²) < 4.78 is 10.4. The largest absolute Gasteiger partial charge is 0.469 e. The van der Waals surface area contributed by atoms with Crippen LogP contribution in [0.15, 0.2) is 22.8 Å². The molecule has 1 rings (SSSR count). The predicted octanol–water partition coefficient (Wildman–Crippen LogP) is 1.71.